The van der Waals surface area contributed by atoms with Crippen LogP contribution in [0.3, 0.4) is 0 Å². The minimum atomic E-state index is -0.103. The lowest BCUT2D eigenvalue weighted by Crippen LogP contribution is -2.35. The van der Waals surface area contributed by atoms with Gasteiger partial charge in [0, 0.05) is 13.1 Å². The van der Waals surface area contributed by atoms with E-state index in [0.29, 0.717) is 0 Å². The topological polar surface area (TPSA) is 32.7 Å². The van der Waals surface area contributed by atoms with Crippen LogP contribution in [0.2, 0.25) is 0 Å². The quantitative estimate of drug-likeness (QED) is 0.694. The average Bonchev–Trinajstić information content (AvgIpc) is 2.89. The van der Waals surface area contributed by atoms with Crippen molar-refractivity contribution in [2.24, 2.45) is 10.9 Å². The van der Waals surface area contributed by atoms with Crippen LogP contribution in [0.5, 0.6) is 0 Å². The van der Waals surface area contributed by atoms with Crippen molar-refractivity contribution in [3.63, 3.8) is 0 Å². The molecular weight excluding hydrogens is 316 g/mol. The SMILES string of the molecule is CC1CCN(C2=NC(=O)/C(=C\c3ccc(C(C)(C)C)cc3)S2)CC1. The Balaban J connectivity index is 1.70. The number of hydrogen-bond acceptors (Lipinski definition) is 3. The van der Waals surface area contributed by atoms with Crippen molar-refractivity contribution in [3.05, 3.63) is 40.3 Å². The van der Waals surface area contributed by atoms with Crippen LogP contribution in [0.25, 0.3) is 6.08 Å². The Labute approximate surface area is 149 Å². The number of piperidine rings is 1. The highest BCUT2D eigenvalue weighted by molar-refractivity contribution is 8.18. The third-order valence-corrected chi connectivity index (χ3v) is 5.78. The third-order valence-electron chi connectivity index (χ3n) is 4.74. The number of aliphatic imine (C=N–C) groups is 1. The Hall–Kier alpha value is -1.55. The molecule has 1 aromatic rings. The number of benzene rings is 1. The summed E-state index contributed by atoms with van der Waals surface area (Å²) in [6.07, 6.45) is 4.32. The zero-order chi connectivity index (χ0) is 17.3. The number of thioether (sulfide) groups is 1. The van der Waals surface area contributed by atoms with E-state index in [-0.39, 0.29) is 11.3 Å². The van der Waals surface area contributed by atoms with E-state index in [1.807, 2.05) is 6.08 Å². The molecule has 1 amide bonds. The van der Waals surface area contributed by atoms with Crippen LogP contribution in [0, 0.1) is 5.92 Å². The molecule has 0 aliphatic carbocycles. The maximum Gasteiger partial charge on any atom is 0.286 e. The van der Waals surface area contributed by atoms with Gasteiger partial charge in [-0.2, -0.15) is 4.99 Å². The van der Waals surface area contributed by atoms with E-state index in [1.54, 1.807) is 0 Å². The number of amidine groups is 1. The second kappa shape index (κ2) is 6.75. The molecule has 0 bridgehead atoms. The van der Waals surface area contributed by atoms with Crippen LogP contribution in [0.15, 0.2) is 34.2 Å². The van der Waals surface area contributed by atoms with E-state index in [1.165, 1.54) is 30.2 Å². The summed E-state index contributed by atoms with van der Waals surface area (Å²) in [6.45, 7) is 10.9. The number of likely N-dealkylation sites (tertiary alicyclic amines) is 1. The lowest BCUT2D eigenvalue weighted by molar-refractivity contribution is -0.113. The molecule has 0 atom stereocenters. The summed E-state index contributed by atoms with van der Waals surface area (Å²) in [6, 6.07) is 8.46. The molecule has 2 aliphatic rings. The highest BCUT2D eigenvalue weighted by Crippen LogP contribution is 2.32. The fourth-order valence-electron chi connectivity index (χ4n) is 2.96. The highest BCUT2D eigenvalue weighted by atomic mass is 32.2. The van der Waals surface area contributed by atoms with Crippen LogP contribution < -0.4 is 0 Å². The van der Waals surface area contributed by atoms with Gasteiger partial charge < -0.3 is 4.90 Å². The largest absolute Gasteiger partial charge is 0.351 e. The van der Waals surface area contributed by atoms with Crippen LogP contribution in [-0.4, -0.2) is 29.1 Å². The number of hydrogen-bond donors (Lipinski definition) is 0. The number of nitrogens with zero attached hydrogens (tertiary/aromatic N) is 2. The van der Waals surface area contributed by atoms with Crippen LogP contribution >= 0.6 is 11.8 Å². The molecule has 2 aliphatic heterocycles. The monoisotopic (exact) mass is 342 g/mol. The van der Waals surface area contributed by atoms with Crippen LogP contribution in [0.1, 0.15) is 51.7 Å². The van der Waals surface area contributed by atoms with Crippen molar-refractivity contribution in [1.29, 1.82) is 0 Å². The van der Waals surface area contributed by atoms with Gasteiger partial charge in [-0.1, -0.05) is 52.0 Å². The molecule has 1 aromatic carbocycles. The molecule has 0 spiro atoms. The second-order valence-electron chi connectivity index (χ2n) is 7.85. The first kappa shape index (κ1) is 17.3. The molecule has 0 saturated carbocycles. The van der Waals surface area contributed by atoms with Gasteiger partial charge in [-0.15, -0.1) is 0 Å². The van der Waals surface area contributed by atoms with Gasteiger partial charge in [-0.25, -0.2) is 0 Å². The Bertz CT molecular complexity index is 675. The summed E-state index contributed by atoms with van der Waals surface area (Å²) in [5.41, 5.74) is 2.50. The third kappa shape index (κ3) is 3.92. The summed E-state index contributed by atoms with van der Waals surface area (Å²) < 4.78 is 0. The lowest BCUT2D eigenvalue weighted by atomic mass is 9.87. The van der Waals surface area contributed by atoms with E-state index in [9.17, 15) is 4.79 Å². The average molecular weight is 343 g/mol. The Morgan fingerprint density at radius 1 is 1.17 bits per heavy atom. The summed E-state index contributed by atoms with van der Waals surface area (Å²) in [4.78, 5) is 19.5. The molecule has 4 heteroatoms. The van der Waals surface area contributed by atoms with Gasteiger partial charge in [-0.05, 0) is 53.1 Å². The number of carbonyl (C=O) groups is 1. The molecule has 2 heterocycles. The van der Waals surface area contributed by atoms with Gasteiger partial charge >= 0.3 is 0 Å². The van der Waals surface area contributed by atoms with E-state index in [4.69, 9.17) is 0 Å². The number of carbonyl (C=O) groups excluding carboxylic acids is 1. The predicted octanol–water partition coefficient (Wildman–Crippen LogP) is 4.69. The normalized spacial score (nSPS) is 21.5. The van der Waals surface area contributed by atoms with Gasteiger partial charge in [0.2, 0.25) is 0 Å². The van der Waals surface area contributed by atoms with Gasteiger partial charge in [0.15, 0.2) is 5.17 Å². The van der Waals surface area contributed by atoms with Crippen molar-refractivity contribution in [1.82, 2.24) is 4.90 Å². The maximum atomic E-state index is 12.2. The molecule has 1 saturated heterocycles. The minimum Gasteiger partial charge on any atom is -0.351 e. The lowest BCUT2D eigenvalue weighted by Gasteiger charge is -2.30. The Morgan fingerprint density at radius 3 is 2.38 bits per heavy atom. The van der Waals surface area contributed by atoms with Gasteiger partial charge in [0.05, 0.1) is 4.91 Å². The van der Waals surface area contributed by atoms with Crippen LogP contribution in [0.4, 0.5) is 0 Å². The molecule has 1 fully saturated rings. The molecule has 24 heavy (non-hydrogen) atoms. The molecule has 3 rings (SSSR count). The predicted molar refractivity (Wildman–Crippen MR) is 103 cm³/mol. The van der Waals surface area contributed by atoms with Gasteiger partial charge in [-0.3, -0.25) is 4.79 Å². The van der Waals surface area contributed by atoms with Crippen LogP contribution in [-0.2, 0) is 10.2 Å². The first-order valence-corrected chi connectivity index (χ1v) is 9.52. The summed E-state index contributed by atoms with van der Waals surface area (Å²) in [5, 5.41) is 0.879. The fourth-order valence-corrected chi connectivity index (χ4v) is 3.93. The molecule has 3 nitrogen and oxygen atoms in total. The summed E-state index contributed by atoms with van der Waals surface area (Å²) in [7, 11) is 0. The Morgan fingerprint density at radius 2 is 1.79 bits per heavy atom. The van der Waals surface area contributed by atoms with E-state index >= 15 is 0 Å². The summed E-state index contributed by atoms with van der Waals surface area (Å²) in [5.74, 6) is 0.675. The van der Waals surface area contributed by atoms with Crippen molar-refractivity contribution >= 4 is 28.9 Å². The zero-order valence-corrected chi connectivity index (χ0v) is 15.8. The second-order valence-corrected chi connectivity index (χ2v) is 8.86. The van der Waals surface area contributed by atoms with Crippen molar-refractivity contribution in [3.8, 4) is 0 Å². The highest BCUT2D eigenvalue weighted by Gasteiger charge is 2.28. The molecular formula is C20H26N2OS. The van der Waals surface area contributed by atoms with Gasteiger partial charge in [0.25, 0.3) is 5.91 Å². The molecule has 0 N–H and O–H groups in total. The maximum absolute atomic E-state index is 12.2. The van der Waals surface area contributed by atoms with E-state index in [0.717, 1.165) is 34.6 Å². The van der Waals surface area contributed by atoms with Crippen molar-refractivity contribution < 1.29 is 4.79 Å². The van der Waals surface area contributed by atoms with Crippen molar-refractivity contribution in [2.45, 2.75) is 46.0 Å². The molecule has 0 aromatic heterocycles. The first-order valence-electron chi connectivity index (χ1n) is 8.71. The first-order chi connectivity index (χ1) is 11.3. The summed E-state index contributed by atoms with van der Waals surface area (Å²) >= 11 is 1.52. The van der Waals surface area contributed by atoms with E-state index < -0.39 is 0 Å². The molecule has 128 valence electrons. The molecule has 0 unspecified atom stereocenters. The van der Waals surface area contributed by atoms with E-state index in [2.05, 4.69) is 61.9 Å². The Kier molecular flexibility index (Phi) is 4.86. The number of amides is 1. The van der Waals surface area contributed by atoms with Gasteiger partial charge in [0.1, 0.15) is 0 Å². The molecule has 0 radical (unpaired) electrons. The standard InChI is InChI=1S/C20H26N2OS/c1-14-9-11-22(12-10-14)19-21-18(23)17(24-19)13-15-5-7-16(8-6-15)20(2,3)4/h5-8,13-14H,9-12H2,1-4H3/b17-13+. The fraction of sp³-hybridized carbons (Fsp3) is 0.500. The smallest absolute Gasteiger partial charge is 0.286 e. The van der Waals surface area contributed by atoms with Crippen molar-refractivity contribution in [2.75, 3.05) is 13.1 Å². The minimum absolute atomic E-state index is 0.103. The zero-order valence-electron chi connectivity index (χ0n) is 15.0. The number of rotatable bonds is 1.